The fourth-order valence-corrected chi connectivity index (χ4v) is 1.88. The molecule has 1 unspecified atom stereocenters. The van der Waals surface area contributed by atoms with E-state index in [9.17, 15) is 4.39 Å². The normalized spacial score (nSPS) is 12.2. The first kappa shape index (κ1) is 13.2. The molecule has 100 valence electrons. The highest BCUT2D eigenvalue weighted by Gasteiger charge is 2.08. The van der Waals surface area contributed by atoms with Crippen LogP contribution >= 0.6 is 0 Å². The first-order valence-corrected chi connectivity index (χ1v) is 6.15. The molecular formula is C15H18FN3. The van der Waals surface area contributed by atoms with Crippen molar-refractivity contribution in [2.75, 3.05) is 16.8 Å². The molecule has 0 aliphatic carbocycles. The minimum atomic E-state index is -0.192. The molecule has 0 aliphatic rings. The quantitative estimate of drug-likeness (QED) is 0.739. The van der Waals surface area contributed by atoms with Gasteiger partial charge >= 0.3 is 0 Å². The van der Waals surface area contributed by atoms with Crippen LogP contribution in [0.4, 0.5) is 21.5 Å². The third-order valence-electron chi connectivity index (χ3n) is 3.17. The predicted octanol–water partition coefficient (Wildman–Crippen LogP) is 3.47. The highest BCUT2D eigenvalue weighted by atomic mass is 19.1. The van der Waals surface area contributed by atoms with E-state index in [1.165, 1.54) is 0 Å². The summed E-state index contributed by atoms with van der Waals surface area (Å²) in [5.74, 6) is -0.192. The summed E-state index contributed by atoms with van der Waals surface area (Å²) in [7, 11) is 0. The zero-order valence-electron chi connectivity index (χ0n) is 11.1. The van der Waals surface area contributed by atoms with Gasteiger partial charge in [0.25, 0.3) is 0 Å². The van der Waals surface area contributed by atoms with Crippen LogP contribution < -0.4 is 16.8 Å². The largest absolute Gasteiger partial charge is 0.397 e. The van der Waals surface area contributed by atoms with Crippen LogP contribution in [-0.4, -0.2) is 0 Å². The summed E-state index contributed by atoms with van der Waals surface area (Å²) < 4.78 is 13.5. The van der Waals surface area contributed by atoms with Gasteiger partial charge in [0.05, 0.1) is 11.4 Å². The summed E-state index contributed by atoms with van der Waals surface area (Å²) in [6.45, 7) is 3.72. The van der Waals surface area contributed by atoms with Crippen molar-refractivity contribution in [2.24, 2.45) is 0 Å². The molecule has 0 radical (unpaired) electrons. The van der Waals surface area contributed by atoms with Crippen LogP contribution in [0.3, 0.4) is 0 Å². The minimum Gasteiger partial charge on any atom is -0.397 e. The molecule has 0 aromatic heterocycles. The van der Waals surface area contributed by atoms with Gasteiger partial charge < -0.3 is 16.8 Å². The Balaban J connectivity index is 2.17. The van der Waals surface area contributed by atoms with E-state index in [1.807, 2.05) is 19.1 Å². The zero-order chi connectivity index (χ0) is 14.0. The Morgan fingerprint density at radius 2 is 1.79 bits per heavy atom. The summed E-state index contributed by atoms with van der Waals surface area (Å²) in [5.41, 5.74) is 14.9. The van der Waals surface area contributed by atoms with Crippen molar-refractivity contribution >= 4 is 17.1 Å². The molecule has 0 heterocycles. The van der Waals surface area contributed by atoms with Gasteiger partial charge in [-0.15, -0.1) is 0 Å². The lowest BCUT2D eigenvalue weighted by Gasteiger charge is -2.17. The fraction of sp³-hybridized carbons (Fsp3) is 0.200. The van der Waals surface area contributed by atoms with Crippen molar-refractivity contribution < 1.29 is 4.39 Å². The fourth-order valence-electron chi connectivity index (χ4n) is 1.88. The van der Waals surface area contributed by atoms with E-state index < -0.39 is 0 Å². The Hall–Kier alpha value is -2.23. The molecule has 0 spiro atoms. The van der Waals surface area contributed by atoms with Gasteiger partial charge in [-0.25, -0.2) is 4.39 Å². The third-order valence-corrected chi connectivity index (χ3v) is 3.17. The van der Waals surface area contributed by atoms with Crippen molar-refractivity contribution in [2.45, 2.75) is 19.9 Å². The van der Waals surface area contributed by atoms with Crippen LogP contribution in [0.25, 0.3) is 0 Å². The van der Waals surface area contributed by atoms with Crippen LogP contribution in [0.1, 0.15) is 24.1 Å². The van der Waals surface area contributed by atoms with Crippen LogP contribution in [0.5, 0.6) is 0 Å². The molecule has 3 nitrogen and oxygen atoms in total. The smallest absolute Gasteiger partial charge is 0.126 e. The number of aryl methyl sites for hydroxylation is 1. The second-order valence-corrected chi connectivity index (χ2v) is 4.72. The molecule has 0 fully saturated rings. The Morgan fingerprint density at radius 1 is 1.05 bits per heavy atom. The number of halogens is 1. The number of anilines is 3. The Morgan fingerprint density at radius 3 is 2.42 bits per heavy atom. The van der Waals surface area contributed by atoms with Gasteiger partial charge in [0.2, 0.25) is 0 Å². The number of hydrogen-bond donors (Lipinski definition) is 3. The molecule has 2 aromatic carbocycles. The Kier molecular flexibility index (Phi) is 3.60. The Labute approximate surface area is 112 Å². The van der Waals surface area contributed by atoms with Crippen molar-refractivity contribution in [3.8, 4) is 0 Å². The molecule has 1 atom stereocenters. The van der Waals surface area contributed by atoms with Crippen molar-refractivity contribution in [1.29, 1.82) is 0 Å². The molecule has 0 bridgehead atoms. The summed E-state index contributed by atoms with van der Waals surface area (Å²) in [4.78, 5) is 0. The maximum absolute atomic E-state index is 13.5. The average Bonchev–Trinajstić information content (AvgIpc) is 2.37. The topological polar surface area (TPSA) is 64.1 Å². The summed E-state index contributed by atoms with van der Waals surface area (Å²) in [6, 6.07) is 10.6. The number of nitrogens with one attached hydrogen (secondary N) is 1. The first-order valence-electron chi connectivity index (χ1n) is 6.15. The second-order valence-electron chi connectivity index (χ2n) is 4.72. The number of nitrogen functional groups attached to an aromatic ring is 2. The molecule has 0 saturated carbocycles. The van der Waals surface area contributed by atoms with E-state index in [4.69, 9.17) is 11.5 Å². The van der Waals surface area contributed by atoms with Gasteiger partial charge in [0, 0.05) is 11.7 Å². The number of nitrogens with two attached hydrogens (primary N) is 2. The van der Waals surface area contributed by atoms with Gasteiger partial charge in [-0.3, -0.25) is 0 Å². The van der Waals surface area contributed by atoms with Gasteiger partial charge in [-0.1, -0.05) is 12.1 Å². The third kappa shape index (κ3) is 2.96. The lowest BCUT2D eigenvalue weighted by atomic mass is 10.1. The van der Waals surface area contributed by atoms with E-state index in [1.54, 1.807) is 31.2 Å². The summed E-state index contributed by atoms with van der Waals surface area (Å²) >= 11 is 0. The molecule has 4 heteroatoms. The van der Waals surface area contributed by atoms with Crippen molar-refractivity contribution in [1.82, 2.24) is 0 Å². The Bertz CT molecular complexity index is 596. The molecule has 2 rings (SSSR count). The number of rotatable bonds is 3. The first-order chi connectivity index (χ1) is 8.97. The minimum absolute atomic E-state index is 0.0156. The van der Waals surface area contributed by atoms with Gasteiger partial charge in [0.15, 0.2) is 0 Å². The van der Waals surface area contributed by atoms with Crippen LogP contribution in [0.15, 0.2) is 36.4 Å². The van der Waals surface area contributed by atoms with Gasteiger partial charge in [-0.05, 0) is 49.2 Å². The average molecular weight is 259 g/mol. The zero-order valence-corrected chi connectivity index (χ0v) is 11.1. The molecule has 19 heavy (non-hydrogen) atoms. The standard InChI is InChI=1S/C15H18FN3/c1-9-3-4-11(7-13(9)16)10(2)19-12-5-6-14(17)15(18)8-12/h3-8,10,19H,17-18H2,1-2H3. The van der Waals surface area contributed by atoms with Crippen molar-refractivity contribution in [3.63, 3.8) is 0 Å². The summed E-state index contributed by atoms with van der Waals surface area (Å²) in [6.07, 6.45) is 0. The molecular weight excluding hydrogens is 241 g/mol. The van der Waals surface area contributed by atoms with Gasteiger partial charge in [0.1, 0.15) is 5.82 Å². The molecule has 5 N–H and O–H groups in total. The molecule has 0 amide bonds. The maximum atomic E-state index is 13.5. The molecule has 0 aliphatic heterocycles. The maximum Gasteiger partial charge on any atom is 0.126 e. The van der Waals surface area contributed by atoms with E-state index >= 15 is 0 Å². The van der Waals surface area contributed by atoms with E-state index in [-0.39, 0.29) is 11.9 Å². The monoisotopic (exact) mass is 259 g/mol. The lowest BCUT2D eigenvalue weighted by molar-refractivity contribution is 0.614. The van der Waals surface area contributed by atoms with Gasteiger partial charge in [-0.2, -0.15) is 0 Å². The van der Waals surface area contributed by atoms with E-state index in [0.29, 0.717) is 16.9 Å². The number of benzene rings is 2. The highest BCUT2D eigenvalue weighted by molar-refractivity contribution is 5.69. The SMILES string of the molecule is Cc1ccc(C(C)Nc2ccc(N)c(N)c2)cc1F. The van der Waals surface area contributed by atoms with E-state index in [2.05, 4.69) is 5.32 Å². The predicted molar refractivity (Wildman–Crippen MR) is 78.4 cm³/mol. The van der Waals surface area contributed by atoms with Crippen molar-refractivity contribution in [3.05, 3.63) is 53.3 Å². The van der Waals surface area contributed by atoms with Crippen LogP contribution in [-0.2, 0) is 0 Å². The van der Waals surface area contributed by atoms with E-state index in [0.717, 1.165) is 11.3 Å². The molecule has 0 saturated heterocycles. The van der Waals surface area contributed by atoms with Crippen LogP contribution in [0, 0.1) is 12.7 Å². The number of hydrogen-bond acceptors (Lipinski definition) is 3. The summed E-state index contributed by atoms with van der Waals surface area (Å²) in [5, 5.41) is 3.27. The molecule has 2 aromatic rings. The lowest BCUT2D eigenvalue weighted by Crippen LogP contribution is -2.08. The highest BCUT2D eigenvalue weighted by Crippen LogP contribution is 2.24. The van der Waals surface area contributed by atoms with Crippen LogP contribution in [0.2, 0.25) is 0 Å². The second kappa shape index (κ2) is 5.18.